The molecular weight excluding hydrogens is 528 g/mol. The zero-order valence-electron chi connectivity index (χ0n) is 26.1. The minimum absolute atomic E-state index is 1.12. The third-order valence-corrected chi connectivity index (χ3v) is 8.40. The van der Waals surface area contributed by atoms with Crippen molar-refractivity contribution in [3.8, 4) is 0 Å². The van der Waals surface area contributed by atoms with E-state index in [2.05, 4.69) is 158 Å². The molecule has 0 heteroatoms. The van der Waals surface area contributed by atoms with E-state index in [-0.39, 0.29) is 0 Å². The van der Waals surface area contributed by atoms with E-state index in [1.165, 1.54) is 95.9 Å². The van der Waals surface area contributed by atoms with Crippen LogP contribution in [0.1, 0.15) is 84.7 Å². The van der Waals surface area contributed by atoms with Crippen molar-refractivity contribution in [2.75, 3.05) is 0 Å². The van der Waals surface area contributed by atoms with Crippen molar-refractivity contribution in [1.82, 2.24) is 0 Å². The van der Waals surface area contributed by atoms with Crippen LogP contribution in [0.3, 0.4) is 0 Å². The Labute approximate surface area is 265 Å². The lowest BCUT2D eigenvalue weighted by Gasteiger charge is -2.09. The molecule has 0 aliphatic carbocycles. The Hall–Kier alpha value is -4.42. The number of rotatable bonds is 16. The van der Waals surface area contributed by atoms with E-state index < -0.39 is 0 Å². The van der Waals surface area contributed by atoms with Crippen LogP contribution in [0.4, 0.5) is 0 Å². The SMILES string of the molecule is C(CCCCCc1ccc(CCCCCC=C(c2ccccc2)c2ccccc2)cc1)=C(c1ccccc1)c1ccccc1. The van der Waals surface area contributed by atoms with Gasteiger partial charge in [0.15, 0.2) is 0 Å². The highest BCUT2D eigenvalue weighted by Gasteiger charge is 2.05. The summed E-state index contributed by atoms with van der Waals surface area (Å²) in [5, 5.41) is 0. The maximum absolute atomic E-state index is 2.43. The van der Waals surface area contributed by atoms with Gasteiger partial charge in [-0.15, -0.1) is 0 Å². The van der Waals surface area contributed by atoms with Gasteiger partial charge >= 0.3 is 0 Å². The zero-order valence-corrected chi connectivity index (χ0v) is 26.1. The summed E-state index contributed by atoms with van der Waals surface area (Å²) in [6.07, 6.45) is 16.9. The molecular formula is C44H46. The molecule has 0 aliphatic heterocycles. The van der Waals surface area contributed by atoms with E-state index in [9.17, 15) is 0 Å². The van der Waals surface area contributed by atoms with Gasteiger partial charge in [-0.25, -0.2) is 0 Å². The summed E-state index contributed by atoms with van der Waals surface area (Å²) >= 11 is 0. The Kier molecular flexibility index (Phi) is 12.4. The molecule has 5 rings (SSSR count). The number of allylic oxidation sites excluding steroid dienone is 2. The predicted octanol–water partition coefficient (Wildman–Crippen LogP) is 12.2. The molecule has 0 atom stereocenters. The van der Waals surface area contributed by atoms with Crippen molar-refractivity contribution in [1.29, 1.82) is 0 Å². The molecule has 0 fully saturated rings. The van der Waals surface area contributed by atoms with Crippen molar-refractivity contribution < 1.29 is 0 Å². The maximum Gasteiger partial charge on any atom is -0.0151 e. The second-order valence-electron chi connectivity index (χ2n) is 11.7. The highest BCUT2D eigenvalue weighted by Crippen LogP contribution is 2.26. The first-order chi connectivity index (χ1) is 21.9. The lowest BCUT2D eigenvalue weighted by molar-refractivity contribution is 0.683. The summed E-state index contributed by atoms with van der Waals surface area (Å²) < 4.78 is 0. The van der Waals surface area contributed by atoms with E-state index in [0.717, 1.165) is 12.8 Å². The lowest BCUT2D eigenvalue weighted by atomic mass is 9.96. The van der Waals surface area contributed by atoms with Crippen LogP contribution in [0.5, 0.6) is 0 Å². The highest BCUT2D eigenvalue weighted by molar-refractivity contribution is 5.80. The summed E-state index contributed by atoms with van der Waals surface area (Å²) in [4.78, 5) is 0. The van der Waals surface area contributed by atoms with Crippen molar-refractivity contribution in [2.45, 2.75) is 64.2 Å². The lowest BCUT2D eigenvalue weighted by Crippen LogP contribution is -1.90. The smallest absolute Gasteiger partial charge is 0.0151 e. The summed E-state index contributed by atoms with van der Waals surface area (Å²) in [6, 6.07) is 52.6. The van der Waals surface area contributed by atoms with Crippen LogP contribution in [-0.4, -0.2) is 0 Å². The van der Waals surface area contributed by atoms with Gasteiger partial charge in [-0.1, -0.05) is 171 Å². The third kappa shape index (κ3) is 9.81. The minimum Gasteiger partial charge on any atom is -0.0761 e. The molecule has 0 radical (unpaired) electrons. The fraction of sp³-hybridized carbons (Fsp3) is 0.227. The summed E-state index contributed by atoms with van der Waals surface area (Å²) in [5.41, 5.74) is 10.8. The van der Waals surface area contributed by atoms with Gasteiger partial charge in [-0.3, -0.25) is 0 Å². The minimum atomic E-state index is 1.12. The molecule has 5 aromatic carbocycles. The molecule has 0 spiro atoms. The van der Waals surface area contributed by atoms with Gasteiger partial charge in [0.1, 0.15) is 0 Å². The standard InChI is InChI=1S/C44H46/c1(3-19-31-43(39-23-11-5-12-24-39)40-25-13-6-14-26-40)9-21-37-33-35-38(36-34-37)22-10-2-4-20-32-44(41-27-15-7-16-28-41)42-29-17-8-18-30-42/h5-8,11-18,23-36H,1-4,9-10,19-22H2. The second kappa shape index (κ2) is 17.6. The first-order valence-electron chi connectivity index (χ1n) is 16.6. The molecule has 5 aromatic rings. The molecule has 0 N–H and O–H groups in total. The number of aryl methyl sites for hydroxylation is 2. The molecule has 0 saturated carbocycles. The molecule has 0 unspecified atom stereocenters. The Morgan fingerprint density at radius 3 is 0.909 bits per heavy atom. The second-order valence-corrected chi connectivity index (χ2v) is 11.7. The third-order valence-electron chi connectivity index (χ3n) is 8.40. The Morgan fingerprint density at radius 1 is 0.318 bits per heavy atom. The predicted molar refractivity (Wildman–Crippen MR) is 191 cm³/mol. The van der Waals surface area contributed by atoms with Crippen LogP contribution in [-0.2, 0) is 12.8 Å². The first kappa shape index (κ1) is 31.0. The molecule has 0 saturated heterocycles. The van der Waals surface area contributed by atoms with E-state index >= 15 is 0 Å². The molecule has 44 heavy (non-hydrogen) atoms. The van der Waals surface area contributed by atoms with Crippen LogP contribution in [0, 0.1) is 0 Å². The van der Waals surface area contributed by atoms with Gasteiger partial charge in [-0.2, -0.15) is 0 Å². The van der Waals surface area contributed by atoms with E-state index in [4.69, 9.17) is 0 Å². The first-order valence-corrected chi connectivity index (χ1v) is 16.6. The summed E-state index contributed by atoms with van der Waals surface area (Å²) in [7, 11) is 0. The van der Waals surface area contributed by atoms with Gasteiger partial charge in [0.2, 0.25) is 0 Å². The van der Waals surface area contributed by atoms with Crippen LogP contribution < -0.4 is 0 Å². The topological polar surface area (TPSA) is 0 Å². The normalized spacial score (nSPS) is 10.7. The van der Waals surface area contributed by atoms with E-state index in [1.807, 2.05) is 0 Å². The number of hydrogen-bond donors (Lipinski definition) is 0. The average molecular weight is 575 g/mol. The molecule has 0 nitrogen and oxygen atoms in total. The zero-order chi connectivity index (χ0) is 30.1. The fourth-order valence-corrected chi connectivity index (χ4v) is 5.94. The van der Waals surface area contributed by atoms with Gasteiger partial charge in [0.05, 0.1) is 0 Å². The average Bonchev–Trinajstić information content (AvgIpc) is 3.10. The molecule has 0 heterocycles. The number of benzene rings is 5. The molecule has 0 aliphatic rings. The molecule has 222 valence electrons. The highest BCUT2D eigenvalue weighted by atomic mass is 14.1. The summed E-state index contributed by atoms with van der Waals surface area (Å²) in [5.74, 6) is 0. The van der Waals surface area contributed by atoms with Crippen molar-refractivity contribution >= 4 is 11.1 Å². The van der Waals surface area contributed by atoms with Crippen molar-refractivity contribution in [3.05, 3.63) is 191 Å². The summed E-state index contributed by atoms with van der Waals surface area (Å²) in [6.45, 7) is 0. The van der Waals surface area contributed by atoms with Gasteiger partial charge in [0, 0.05) is 0 Å². The largest absolute Gasteiger partial charge is 0.0761 e. The Bertz CT molecular complexity index is 1340. The van der Waals surface area contributed by atoms with Crippen LogP contribution in [0.2, 0.25) is 0 Å². The maximum atomic E-state index is 2.43. The van der Waals surface area contributed by atoms with Crippen molar-refractivity contribution in [2.24, 2.45) is 0 Å². The molecule has 0 bridgehead atoms. The van der Waals surface area contributed by atoms with Crippen LogP contribution in [0.25, 0.3) is 11.1 Å². The number of hydrogen-bond acceptors (Lipinski definition) is 0. The van der Waals surface area contributed by atoms with Crippen LogP contribution >= 0.6 is 0 Å². The van der Waals surface area contributed by atoms with Gasteiger partial charge in [-0.05, 0) is 95.9 Å². The number of unbranched alkanes of at least 4 members (excludes halogenated alkanes) is 6. The fourth-order valence-electron chi connectivity index (χ4n) is 5.94. The molecule has 0 aromatic heterocycles. The Morgan fingerprint density at radius 2 is 0.614 bits per heavy atom. The van der Waals surface area contributed by atoms with E-state index in [0.29, 0.717) is 0 Å². The van der Waals surface area contributed by atoms with Crippen LogP contribution in [0.15, 0.2) is 158 Å². The van der Waals surface area contributed by atoms with E-state index in [1.54, 1.807) is 0 Å². The van der Waals surface area contributed by atoms with Gasteiger partial charge < -0.3 is 0 Å². The Balaban J connectivity index is 1.00. The van der Waals surface area contributed by atoms with Crippen molar-refractivity contribution in [3.63, 3.8) is 0 Å². The monoisotopic (exact) mass is 574 g/mol. The molecule has 0 amide bonds. The quantitative estimate of drug-likeness (QED) is 0.103. The van der Waals surface area contributed by atoms with Gasteiger partial charge in [0.25, 0.3) is 0 Å².